The number of rotatable bonds is 12. The number of aliphatic hydroxyl groups excluding tert-OH is 2. The fraction of sp³-hybridized carbons (Fsp3) is 0.250. The number of hydrogen-bond acceptors (Lipinski definition) is 9. The maximum Gasteiger partial charge on any atom is 0.119 e. The molecule has 0 spiro atoms. The predicted molar refractivity (Wildman–Crippen MR) is 430 cm³/mol. The lowest BCUT2D eigenvalue weighted by Gasteiger charge is -2.09. The molecule has 0 radical (unpaired) electrons. The Labute approximate surface area is 617 Å². The number of fused-ring (bicyclic) bond motifs is 4. The van der Waals surface area contributed by atoms with Gasteiger partial charge in [0.2, 0.25) is 0 Å². The van der Waals surface area contributed by atoms with Gasteiger partial charge in [0.1, 0.15) is 23.0 Å². The number of benzene rings is 8. The zero-order valence-corrected chi connectivity index (χ0v) is 64.5. The summed E-state index contributed by atoms with van der Waals surface area (Å²) in [4.78, 5) is 3.25. The Morgan fingerprint density at radius 1 is 0.474 bits per heavy atom. The molecule has 0 unspecified atom stereocenters. The van der Waals surface area contributed by atoms with Crippen molar-refractivity contribution in [3.63, 3.8) is 0 Å². The van der Waals surface area contributed by atoms with Crippen LogP contribution in [0.4, 0.5) is 0 Å². The molecule has 5 heterocycles. The van der Waals surface area contributed by atoms with E-state index in [0.717, 1.165) is 72.7 Å². The predicted octanol–water partition coefficient (Wildman–Crippen LogP) is 18.3. The Hall–Kier alpha value is -7.54. The first-order valence-corrected chi connectivity index (χ1v) is 35.6. The Morgan fingerprint density at radius 2 is 0.835 bits per heavy atom. The highest BCUT2D eigenvalue weighted by atomic mass is 127. The van der Waals surface area contributed by atoms with Gasteiger partial charge in [-0.25, -0.2) is 0 Å². The Balaban J connectivity index is 0.000000185. The van der Waals surface area contributed by atoms with E-state index in [2.05, 4.69) is 278 Å². The minimum Gasteiger partial charge on any atom is -0.497 e. The summed E-state index contributed by atoms with van der Waals surface area (Å²) in [7, 11) is 10.6. The fourth-order valence-corrected chi connectivity index (χ4v) is 11.5. The smallest absolute Gasteiger partial charge is 0.119 e. The van der Waals surface area contributed by atoms with Crippen LogP contribution in [0.3, 0.4) is 0 Å². The van der Waals surface area contributed by atoms with Crippen LogP contribution in [-0.2, 0) is 0 Å². The van der Waals surface area contributed by atoms with Crippen LogP contribution in [0.15, 0.2) is 203 Å². The molecule has 4 aromatic heterocycles. The van der Waals surface area contributed by atoms with Crippen LogP contribution in [0.2, 0.25) is 0 Å². The number of hydrogen-bond donors (Lipinski definition) is 6. The van der Waals surface area contributed by atoms with Crippen molar-refractivity contribution in [3.05, 3.63) is 239 Å². The van der Waals surface area contributed by atoms with Gasteiger partial charge in [-0.3, -0.25) is 0 Å². The molecule has 12 aromatic rings. The summed E-state index contributed by atoms with van der Waals surface area (Å²) in [6, 6.07) is 66.4. The number of H-pyrrole nitrogens is 1. The minimum atomic E-state index is 0.100. The highest BCUT2D eigenvalue weighted by Gasteiger charge is 2.12. The molecule has 17 heteroatoms. The third-order valence-corrected chi connectivity index (χ3v) is 17.4. The summed E-state index contributed by atoms with van der Waals surface area (Å²) in [5.74, 6) is 11.8. The van der Waals surface area contributed by atoms with Gasteiger partial charge in [0, 0.05) is 114 Å². The molecule has 97 heavy (non-hydrogen) atoms. The lowest BCUT2D eigenvalue weighted by molar-refractivity contribution is 0.304. The molecule has 0 bridgehead atoms. The molecule has 508 valence electrons. The van der Waals surface area contributed by atoms with E-state index in [1.165, 1.54) is 94.4 Å². The lowest BCUT2D eigenvalue weighted by Crippen LogP contribution is -2.21. The molecule has 0 atom stereocenters. The number of halogens is 4. The van der Waals surface area contributed by atoms with E-state index in [0.29, 0.717) is 12.8 Å². The average molecular weight is 1660 g/mol. The standard InChI is InChI=1S/C20H19NO2.C16H14BrNO.C16H14INO.C10H11NO.C6H4BrI.C4H12N2.C4H9N.C4H6O/c1-15-13-17-14-19(23-2)10-11-20(17)21(15)18-8-6-16(7-9-18)5-3-4-12-22;2*1-11-9-12-10-15(19-2)7-8-16(12)18(11)14-5-3-13(17)4-6-14;1-7-5-8-6-9(12-2)3-4-10(8)11-7;7-5-1-3-6(8)4-2-5;1-5-3-4-6-2;1-2-4-5-3-1;1-2-3-4-5/h6-11,13-14,22H,4,12H2,1-2H3;2*3-10H,1-2H3;3-6,11H,1-2H3;1-4H;5-6H,3-4H2,1-2H3;5H,1-4H2;1,5H,3-4H2. The van der Waals surface area contributed by atoms with Gasteiger partial charge in [-0.15, -0.1) is 12.3 Å². The SMILES string of the molecule is Brc1ccc(I)cc1.C#CCCO.C1CCNC1.CNCCNC.COc1ccc2[nH]c(C)cc2c1.COc1ccc2c(c1)cc(C)n2-c1ccc(Br)cc1.COc1ccc2c(c1)cc(C)n2-c1ccc(C#CCCO)cc1.COc1ccc2c(c1)cc(C)n2-c1ccc(I)cc1. The second-order valence-corrected chi connectivity index (χ2v) is 26.4. The van der Waals surface area contributed by atoms with Gasteiger partial charge < -0.3 is 63.8 Å². The number of aryl methyl sites for hydroxylation is 4. The van der Waals surface area contributed by atoms with E-state index in [9.17, 15) is 0 Å². The second kappa shape index (κ2) is 42.3. The van der Waals surface area contributed by atoms with Gasteiger partial charge >= 0.3 is 0 Å². The van der Waals surface area contributed by atoms with E-state index in [4.69, 9.17) is 35.6 Å². The molecule has 13 rings (SSSR count). The molecule has 8 aromatic carbocycles. The van der Waals surface area contributed by atoms with Crippen molar-refractivity contribution >= 4 is 121 Å². The molecule has 13 nitrogen and oxygen atoms in total. The van der Waals surface area contributed by atoms with Crippen LogP contribution >= 0.6 is 77.0 Å². The number of aromatic amines is 1. The van der Waals surface area contributed by atoms with Crippen molar-refractivity contribution in [1.82, 2.24) is 34.6 Å². The largest absolute Gasteiger partial charge is 0.497 e. The number of methoxy groups -OCH3 is 4. The summed E-state index contributed by atoms with van der Waals surface area (Å²) in [5, 5.41) is 30.7. The molecule has 0 amide bonds. The number of likely N-dealkylation sites (N-methyl/N-ethyl adjacent to an activating group) is 2. The first-order chi connectivity index (χ1) is 47.0. The monoisotopic (exact) mass is 1660 g/mol. The van der Waals surface area contributed by atoms with Crippen molar-refractivity contribution in [3.8, 4) is 64.2 Å². The molecule has 0 saturated carbocycles. The quantitative estimate of drug-likeness (QED) is 0.0400. The summed E-state index contributed by atoms with van der Waals surface area (Å²) in [5.41, 5.74) is 13.9. The maximum atomic E-state index is 8.77. The van der Waals surface area contributed by atoms with Crippen LogP contribution in [0.1, 0.15) is 54.0 Å². The molecule has 1 saturated heterocycles. The summed E-state index contributed by atoms with van der Waals surface area (Å²) in [6.07, 6.45) is 8.48. The second-order valence-electron chi connectivity index (χ2n) is 22.1. The molecule has 1 aliphatic rings. The fourth-order valence-electron chi connectivity index (χ4n) is 10.2. The van der Waals surface area contributed by atoms with Crippen molar-refractivity contribution in [1.29, 1.82) is 0 Å². The van der Waals surface area contributed by atoms with Gasteiger partial charge in [0.25, 0.3) is 0 Å². The van der Waals surface area contributed by atoms with Gasteiger partial charge in [0.15, 0.2) is 0 Å². The maximum absolute atomic E-state index is 8.77. The zero-order chi connectivity index (χ0) is 70.1. The molecule has 0 aliphatic carbocycles. The van der Waals surface area contributed by atoms with Crippen molar-refractivity contribution < 1.29 is 29.2 Å². The summed E-state index contributed by atoms with van der Waals surface area (Å²) in [6.45, 7) is 13.2. The number of nitrogens with zero attached hydrogens (tertiary/aromatic N) is 3. The van der Waals surface area contributed by atoms with Crippen molar-refractivity contribution in [2.24, 2.45) is 0 Å². The Bertz CT molecular complexity index is 4270. The lowest BCUT2D eigenvalue weighted by atomic mass is 10.2. The topological polar surface area (TPSA) is 144 Å². The molecule has 1 aliphatic heterocycles. The van der Waals surface area contributed by atoms with Crippen molar-refractivity contribution in [2.75, 3.05) is 81.9 Å². The molecular formula is C80H89Br2I2N7O6. The van der Waals surface area contributed by atoms with E-state index >= 15 is 0 Å². The van der Waals surface area contributed by atoms with E-state index in [-0.39, 0.29) is 13.2 Å². The Kier molecular flexibility index (Phi) is 34.2. The minimum absolute atomic E-state index is 0.100. The van der Waals surface area contributed by atoms with E-state index < -0.39 is 0 Å². The number of ether oxygens (including phenoxy) is 4. The van der Waals surface area contributed by atoms with Gasteiger partial charge in [-0.05, 0) is 307 Å². The van der Waals surface area contributed by atoms with Crippen molar-refractivity contribution in [2.45, 2.75) is 53.4 Å². The number of aromatic nitrogens is 4. The van der Waals surface area contributed by atoms with Crippen LogP contribution in [0.25, 0.3) is 60.7 Å². The number of nitrogens with one attached hydrogen (secondary N) is 4. The highest BCUT2D eigenvalue weighted by Crippen LogP contribution is 2.31. The third-order valence-electron chi connectivity index (χ3n) is 14.9. The highest BCUT2D eigenvalue weighted by molar-refractivity contribution is 14.1. The molecular weight excluding hydrogens is 1570 g/mol. The first-order valence-electron chi connectivity index (χ1n) is 31.8. The van der Waals surface area contributed by atoms with Gasteiger partial charge in [-0.2, -0.15) is 0 Å². The average Bonchev–Trinajstić information content (AvgIpc) is 1.66. The van der Waals surface area contributed by atoms with Gasteiger partial charge in [-0.1, -0.05) is 43.7 Å². The van der Waals surface area contributed by atoms with Gasteiger partial charge in [0.05, 0.1) is 58.2 Å². The van der Waals surface area contributed by atoms with Crippen LogP contribution in [0.5, 0.6) is 23.0 Å². The summed E-state index contributed by atoms with van der Waals surface area (Å²) < 4.78 is 32.5. The third kappa shape index (κ3) is 24.7. The van der Waals surface area contributed by atoms with Crippen LogP contribution in [0, 0.1) is 59.0 Å². The molecule has 1 fully saturated rings. The normalized spacial score (nSPS) is 10.9. The molecule has 6 N–H and O–H groups in total. The summed E-state index contributed by atoms with van der Waals surface area (Å²) >= 11 is 11.4. The zero-order valence-electron chi connectivity index (χ0n) is 57.0. The van der Waals surface area contributed by atoms with E-state index in [1.54, 1.807) is 28.4 Å². The van der Waals surface area contributed by atoms with E-state index in [1.807, 2.05) is 87.7 Å². The number of aliphatic hydroxyl groups is 2. The van der Waals surface area contributed by atoms with Crippen LogP contribution in [-0.4, -0.2) is 111 Å². The van der Waals surface area contributed by atoms with Crippen LogP contribution < -0.4 is 34.9 Å². The number of terminal acetylenes is 1. The Morgan fingerprint density at radius 3 is 1.18 bits per heavy atom. The first kappa shape index (κ1) is 78.5.